The van der Waals surface area contributed by atoms with E-state index in [1.807, 2.05) is 24.3 Å². The normalized spacial score (nSPS) is 22.2. The minimum atomic E-state index is -0.0607. The second-order valence-corrected chi connectivity index (χ2v) is 5.35. The molecule has 3 rings (SSSR count). The zero-order chi connectivity index (χ0) is 13.9. The van der Waals surface area contributed by atoms with Gasteiger partial charge in [0.05, 0.1) is 6.42 Å². The van der Waals surface area contributed by atoms with Gasteiger partial charge in [-0.2, -0.15) is 0 Å². The molecule has 1 amide bonds. The van der Waals surface area contributed by atoms with Gasteiger partial charge >= 0.3 is 0 Å². The summed E-state index contributed by atoms with van der Waals surface area (Å²) in [4.78, 5) is 12.1. The van der Waals surface area contributed by atoms with E-state index in [1.54, 1.807) is 0 Å². The summed E-state index contributed by atoms with van der Waals surface area (Å²) in [5.74, 6) is 0.127. The molecule has 1 aliphatic carbocycles. The smallest absolute Gasteiger partial charge is 0.226 e. The standard InChI is InChI=1S/C15H18N2O3/c18-9-10-4-3-6-12(10)16-15(19)8-13-11-5-1-2-7-14(11)20-17-13/h1-2,5,7,10,12,18H,3-4,6,8-9H2,(H,16,19). The second-order valence-electron chi connectivity index (χ2n) is 5.35. The fourth-order valence-corrected chi connectivity index (χ4v) is 2.92. The van der Waals surface area contributed by atoms with E-state index in [2.05, 4.69) is 10.5 Å². The predicted molar refractivity (Wildman–Crippen MR) is 74.1 cm³/mol. The van der Waals surface area contributed by atoms with Crippen molar-refractivity contribution in [2.75, 3.05) is 6.61 Å². The van der Waals surface area contributed by atoms with Gasteiger partial charge in [-0.05, 0) is 25.0 Å². The van der Waals surface area contributed by atoms with Crippen molar-refractivity contribution in [1.82, 2.24) is 10.5 Å². The highest BCUT2D eigenvalue weighted by Crippen LogP contribution is 2.25. The number of carbonyl (C=O) groups is 1. The number of aromatic nitrogens is 1. The van der Waals surface area contributed by atoms with Gasteiger partial charge in [0.25, 0.3) is 0 Å². The van der Waals surface area contributed by atoms with E-state index < -0.39 is 0 Å². The van der Waals surface area contributed by atoms with Crippen molar-refractivity contribution in [1.29, 1.82) is 0 Å². The van der Waals surface area contributed by atoms with Gasteiger partial charge in [0.1, 0.15) is 5.69 Å². The van der Waals surface area contributed by atoms with Crippen molar-refractivity contribution in [3.8, 4) is 0 Å². The first-order chi connectivity index (χ1) is 9.78. The summed E-state index contributed by atoms with van der Waals surface area (Å²) in [6.45, 7) is 0.137. The van der Waals surface area contributed by atoms with E-state index >= 15 is 0 Å². The van der Waals surface area contributed by atoms with E-state index in [0.717, 1.165) is 24.6 Å². The lowest BCUT2D eigenvalue weighted by atomic mass is 10.0. The summed E-state index contributed by atoms with van der Waals surface area (Å²) < 4.78 is 5.19. The van der Waals surface area contributed by atoms with E-state index in [-0.39, 0.29) is 30.9 Å². The van der Waals surface area contributed by atoms with E-state index in [4.69, 9.17) is 4.52 Å². The number of benzene rings is 1. The maximum atomic E-state index is 12.1. The average molecular weight is 274 g/mol. The summed E-state index contributed by atoms with van der Waals surface area (Å²) in [5.41, 5.74) is 1.36. The Labute approximate surface area is 116 Å². The average Bonchev–Trinajstić information content (AvgIpc) is 3.06. The molecule has 20 heavy (non-hydrogen) atoms. The van der Waals surface area contributed by atoms with E-state index in [0.29, 0.717) is 11.3 Å². The lowest BCUT2D eigenvalue weighted by Gasteiger charge is -2.18. The Morgan fingerprint density at radius 2 is 2.25 bits per heavy atom. The Morgan fingerprint density at radius 3 is 3.10 bits per heavy atom. The van der Waals surface area contributed by atoms with Crippen LogP contribution in [0, 0.1) is 5.92 Å². The van der Waals surface area contributed by atoms with Gasteiger partial charge in [0.15, 0.2) is 5.58 Å². The molecule has 2 atom stereocenters. The highest BCUT2D eigenvalue weighted by Gasteiger charge is 2.28. The first kappa shape index (κ1) is 13.1. The predicted octanol–water partition coefficient (Wildman–Crippen LogP) is 1.65. The topological polar surface area (TPSA) is 75.4 Å². The molecule has 1 aromatic heterocycles. The van der Waals surface area contributed by atoms with Gasteiger partial charge in [-0.25, -0.2) is 0 Å². The van der Waals surface area contributed by atoms with Crippen molar-refractivity contribution >= 4 is 16.9 Å². The SMILES string of the molecule is O=C(Cc1noc2ccccc12)NC1CCCC1CO. The molecule has 106 valence electrons. The maximum absolute atomic E-state index is 12.1. The number of nitrogens with one attached hydrogen (secondary N) is 1. The maximum Gasteiger partial charge on any atom is 0.226 e. The monoisotopic (exact) mass is 274 g/mol. The Kier molecular flexibility index (Phi) is 3.69. The molecule has 1 aliphatic rings. The molecule has 0 aliphatic heterocycles. The molecule has 5 heteroatoms. The van der Waals surface area contributed by atoms with Crippen molar-refractivity contribution < 1.29 is 14.4 Å². The molecular formula is C15H18N2O3. The Balaban J connectivity index is 1.67. The fourth-order valence-electron chi connectivity index (χ4n) is 2.92. The lowest BCUT2D eigenvalue weighted by molar-refractivity contribution is -0.121. The van der Waals surface area contributed by atoms with Crippen LogP contribution in [0.5, 0.6) is 0 Å². The number of para-hydroxylation sites is 1. The van der Waals surface area contributed by atoms with Crippen LogP contribution in [0.3, 0.4) is 0 Å². The molecule has 0 spiro atoms. The van der Waals surface area contributed by atoms with Crippen LogP contribution in [0.15, 0.2) is 28.8 Å². The van der Waals surface area contributed by atoms with Crippen LogP contribution in [0.25, 0.3) is 11.0 Å². The second kappa shape index (κ2) is 5.63. The molecule has 1 heterocycles. The Hall–Kier alpha value is -1.88. The molecule has 1 aromatic carbocycles. The molecule has 2 unspecified atom stereocenters. The lowest BCUT2D eigenvalue weighted by Crippen LogP contribution is -2.39. The first-order valence-corrected chi connectivity index (χ1v) is 7.01. The summed E-state index contributed by atoms with van der Waals surface area (Å²) in [5, 5.41) is 17.1. The number of hydrogen-bond donors (Lipinski definition) is 2. The molecule has 2 aromatic rings. The van der Waals surface area contributed by atoms with Crippen molar-refractivity contribution in [3.05, 3.63) is 30.0 Å². The third kappa shape index (κ3) is 2.54. The Morgan fingerprint density at radius 1 is 1.40 bits per heavy atom. The molecule has 2 N–H and O–H groups in total. The first-order valence-electron chi connectivity index (χ1n) is 7.01. The minimum absolute atomic E-state index is 0.0607. The number of rotatable bonds is 4. The van der Waals surface area contributed by atoms with Crippen molar-refractivity contribution in [2.45, 2.75) is 31.7 Å². The largest absolute Gasteiger partial charge is 0.396 e. The zero-order valence-electron chi connectivity index (χ0n) is 11.2. The number of aliphatic hydroxyl groups excluding tert-OH is 1. The number of amides is 1. The number of fused-ring (bicyclic) bond motifs is 1. The third-order valence-electron chi connectivity index (χ3n) is 4.02. The number of hydrogen-bond acceptors (Lipinski definition) is 4. The summed E-state index contributed by atoms with van der Waals surface area (Å²) in [6.07, 6.45) is 3.19. The van der Waals surface area contributed by atoms with Crippen molar-refractivity contribution in [3.63, 3.8) is 0 Å². The molecule has 0 radical (unpaired) electrons. The molecule has 5 nitrogen and oxygen atoms in total. The van der Waals surface area contributed by atoms with Crippen LogP contribution >= 0.6 is 0 Å². The van der Waals surface area contributed by atoms with E-state index in [9.17, 15) is 9.90 Å². The third-order valence-corrected chi connectivity index (χ3v) is 4.02. The van der Waals surface area contributed by atoms with Gasteiger partial charge in [0, 0.05) is 24.0 Å². The Bertz CT molecular complexity index is 608. The summed E-state index contributed by atoms with van der Waals surface area (Å²) in [6, 6.07) is 7.61. The number of aliphatic hydroxyl groups is 1. The number of nitrogens with zero attached hydrogens (tertiary/aromatic N) is 1. The molecule has 0 bridgehead atoms. The molecule has 1 fully saturated rings. The highest BCUT2D eigenvalue weighted by molar-refractivity contribution is 5.86. The van der Waals surface area contributed by atoms with Gasteiger partial charge in [-0.15, -0.1) is 0 Å². The van der Waals surface area contributed by atoms with Gasteiger partial charge in [0.2, 0.25) is 5.91 Å². The molecule has 0 saturated heterocycles. The van der Waals surface area contributed by atoms with Crippen LogP contribution in [0.2, 0.25) is 0 Å². The van der Waals surface area contributed by atoms with Gasteiger partial charge in [-0.3, -0.25) is 4.79 Å². The zero-order valence-corrected chi connectivity index (χ0v) is 11.2. The fraction of sp³-hybridized carbons (Fsp3) is 0.467. The van der Waals surface area contributed by atoms with Gasteiger partial charge < -0.3 is 14.9 Å². The molecular weight excluding hydrogens is 256 g/mol. The van der Waals surface area contributed by atoms with Crippen LogP contribution in [-0.2, 0) is 11.2 Å². The van der Waals surface area contributed by atoms with Crippen molar-refractivity contribution in [2.24, 2.45) is 5.92 Å². The minimum Gasteiger partial charge on any atom is -0.396 e. The summed E-state index contributed by atoms with van der Waals surface area (Å²) in [7, 11) is 0. The highest BCUT2D eigenvalue weighted by atomic mass is 16.5. The summed E-state index contributed by atoms with van der Waals surface area (Å²) >= 11 is 0. The van der Waals surface area contributed by atoms with Crippen LogP contribution < -0.4 is 5.32 Å². The van der Waals surface area contributed by atoms with Crippen LogP contribution in [0.1, 0.15) is 25.0 Å². The van der Waals surface area contributed by atoms with Crippen LogP contribution in [-0.4, -0.2) is 28.8 Å². The van der Waals surface area contributed by atoms with Crippen LogP contribution in [0.4, 0.5) is 0 Å². The molecule has 1 saturated carbocycles. The quantitative estimate of drug-likeness (QED) is 0.889. The van der Waals surface area contributed by atoms with E-state index in [1.165, 1.54) is 0 Å². The van der Waals surface area contributed by atoms with Gasteiger partial charge in [-0.1, -0.05) is 23.7 Å². The number of carbonyl (C=O) groups excluding carboxylic acids is 1.